The van der Waals surface area contributed by atoms with Crippen molar-refractivity contribution in [3.8, 4) is 0 Å². The molecule has 3 rings (SSSR count). The Morgan fingerprint density at radius 2 is 1.62 bits per heavy atom. The van der Waals surface area contributed by atoms with E-state index in [0.29, 0.717) is 21.2 Å². The van der Waals surface area contributed by atoms with Gasteiger partial charge in [-0.25, -0.2) is 9.79 Å². The molecule has 0 radical (unpaired) electrons. The van der Waals surface area contributed by atoms with Crippen molar-refractivity contribution in [3.05, 3.63) is 75.4 Å². The van der Waals surface area contributed by atoms with Crippen LogP contribution in [-0.4, -0.2) is 11.9 Å². The lowest BCUT2D eigenvalue weighted by atomic mass is 10.2. The van der Waals surface area contributed by atoms with E-state index >= 15 is 0 Å². The summed E-state index contributed by atoms with van der Waals surface area (Å²) in [6, 6.07) is 14.2. The average molecular weight is 318 g/mol. The molecular weight excluding hydrogens is 309 g/mol. The van der Waals surface area contributed by atoms with Gasteiger partial charge in [-0.05, 0) is 29.8 Å². The quantitative estimate of drug-likeness (QED) is 0.610. The molecule has 5 heteroatoms. The molecule has 2 aromatic carbocycles. The van der Waals surface area contributed by atoms with Gasteiger partial charge >= 0.3 is 5.97 Å². The van der Waals surface area contributed by atoms with Crippen LogP contribution in [0.2, 0.25) is 10.0 Å². The van der Waals surface area contributed by atoms with Crippen molar-refractivity contribution in [2.24, 2.45) is 4.99 Å². The number of hydrogen-bond donors (Lipinski definition) is 0. The summed E-state index contributed by atoms with van der Waals surface area (Å²) in [5.41, 5.74) is 1.48. The van der Waals surface area contributed by atoms with Crippen LogP contribution >= 0.6 is 23.2 Å². The van der Waals surface area contributed by atoms with E-state index in [1.165, 1.54) is 0 Å². The predicted molar refractivity (Wildman–Crippen MR) is 83.5 cm³/mol. The summed E-state index contributed by atoms with van der Waals surface area (Å²) in [5, 5.41) is 1.02. The highest BCUT2D eigenvalue weighted by Gasteiger charge is 2.25. The standard InChI is InChI=1S/C16H9Cl2NO2/c17-12-7-3-1-5-10(12)9-14-16(20)21-15(19-14)11-6-2-4-8-13(11)18/h1-9H/b14-9+. The molecule has 0 saturated heterocycles. The Balaban J connectivity index is 2.00. The van der Waals surface area contributed by atoms with E-state index in [0.717, 1.165) is 0 Å². The fraction of sp³-hybridized carbons (Fsp3) is 0. The molecule has 0 N–H and O–H groups in total. The highest BCUT2D eigenvalue weighted by molar-refractivity contribution is 6.34. The second-order valence-electron chi connectivity index (χ2n) is 4.34. The number of carbonyl (C=O) groups is 1. The first-order valence-electron chi connectivity index (χ1n) is 6.17. The molecule has 0 spiro atoms. The lowest BCUT2D eigenvalue weighted by Gasteiger charge is -2.00. The van der Waals surface area contributed by atoms with Crippen LogP contribution in [0.25, 0.3) is 6.08 Å². The van der Waals surface area contributed by atoms with Gasteiger partial charge in [-0.1, -0.05) is 53.5 Å². The molecule has 3 nitrogen and oxygen atoms in total. The first kappa shape index (κ1) is 13.9. The first-order chi connectivity index (χ1) is 10.1. The molecule has 0 atom stereocenters. The van der Waals surface area contributed by atoms with Gasteiger partial charge < -0.3 is 4.74 Å². The maximum absolute atomic E-state index is 11.9. The van der Waals surface area contributed by atoms with Gasteiger partial charge in [0, 0.05) is 5.02 Å². The number of ether oxygens (including phenoxy) is 1. The molecule has 104 valence electrons. The Kier molecular flexibility index (Phi) is 3.78. The Morgan fingerprint density at radius 3 is 2.33 bits per heavy atom. The average Bonchev–Trinajstić information content (AvgIpc) is 2.83. The zero-order chi connectivity index (χ0) is 14.8. The maximum Gasteiger partial charge on any atom is 0.363 e. The minimum absolute atomic E-state index is 0.193. The van der Waals surface area contributed by atoms with Crippen LogP contribution in [0.15, 0.2) is 59.2 Å². The minimum atomic E-state index is -0.523. The van der Waals surface area contributed by atoms with E-state index in [2.05, 4.69) is 4.99 Å². The van der Waals surface area contributed by atoms with Crippen LogP contribution in [0.5, 0.6) is 0 Å². The summed E-state index contributed by atoms with van der Waals surface area (Å²) in [6.45, 7) is 0. The fourth-order valence-electron chi connectivity index (χ4n) is 1.90. The number of cyclic esters (lactones) is 1. The molecule has 2 aromatic rings. The van der Waals surface area contributed by atoms with Crippen molar-refractivity contribution >= 4 is 41.1 Å². The van der Waals surface area contributed by atoms with Crippen LogP contribution in [0.1, 0.15) is 11.1 Å². The number of rotatable bonds is 2. The van der Waals surface area contributed by atoms with E-state index in [-0.39, 0.29) is 11.6 Å². The second-order valence-corrected chi connectivity index (χ2v) is 5.15. The molecule has 0 aromatic heterocycles. The number of benzene rings is 2. The zero-order valence-corrected chi connectivity index (χ0v) is 12.2. The number of nitrogens with zero attached hydrogens (tertiary/aromatic N) is 1. The third-order valence-corrected chi connectivity index (χ3v) is 3.60. The van der Waals surface area contributed by atoms with E-state index < -0.39 is 5.97 Å². The minimum Gasteiger partial charge on any atom is -0.402 e. The summed E-state index contributed by atoms with van der Waals surface area (Å²) in [6.07, 6.45) is 1.59. The lowest BCUT2D eigenvalue weighted by molar-refractivity contribution is -0.129. The van der Waals surface area contributed by atoms with E-state index in [1.807, 2.05) is 12.1 Å². The van der Waals surface area contributed by atoms with E-state index in [4.69, 9.17) is 27.9 Å². The van der Waals surface area contributed by atoms with Gasteiger partial charge in [-0.2, -0.15) is 0 Å². The molecule has 0 fully saturated rings. The third-order valence-electron chi connectivity index (χ3n) is 2.92. The van der Waals surface area contributed by atoms with Crippen molar-refractivity contribution in [3.63, 3.8) is 0 Å². The molecule has 0 aliphatic carbocycles. The Labute approximate surface area is 131 Å². The molecule has 1 heterocycles. The maximum atomic E-state index is 11.9. The van der Waals surface area contributed by atoms with Gasteiger partial charge in [0.15, 0.2) is 5.70 Å². The van der Waals surface area contributed by atoms with E-state index in [1.54, 1.807) is 42.5 Å². The number of carbonyl (C=O) groups excluding carboxylic acids is 1. The van der Waals surface area contributed by atoms with Gasteiger partial charge in [-0.3, -0.25) is 0 Å². The van der Waals surface area contributed by atoms with Crippen LogP contribution < -0.4 is 0 Å². The van der Waals surface area contributed by atoms with Gasteiger partial charge in [0.25, 0.3) is 0 Å². The third kappa shape index (κ3) is 2.84. The molecule has 1 aliphatic heterocycles. The molecule has 1 aliphatic rings. The van der Waals surface area contributed by atoms with Gasteiger partial charge in [0.2, 0.25) is 5.90 Å². The molecule has 0 bridgehead atoms. The van der Waals surface area contributed by atoms with E-state index in [9.17, 15) is 4.79 Å². The Hall–Kier alpha value is -2.10. The first-order valence-corrected chi connectivity index (χ1v) is 6.93. The molecule has 0 amide bonds. The van der Waals surface area contributed by atoms with Crippen LogP contribution in [0, 0.1) is 0 Å². The lowest BCUT2D eigenvalue weighted by Crippen LogP contribution is -2.05. The Morgan fingerprint density at radius 1 is 0.952 bits per heavy atom. The monoisotopic (exact) mass is 317 g/mol. The summed E-state index contributed by atoms with van der Waals surface area (Å²) in [7, 11) is 0. The SMILES string of the molecule is O=C1OC(c2ccccc2Cl)=N/C1=C/c1ccccc1Cl. The van der Waals surface area contributed by atoms with Crippen LogP contribution in [0.3, 0.4) is 0 Å². The summed E-state index contributed by atoms with van der Waals surface area (Å²) in [5.74, 6) is -0.325. The number of hydrogen-bond acceptors (Lipinski definition) is 3. The molecule has 21 heavy (non-hydrogen) atoms. The van der Waals surface area contributed by atoms with Crippen molar-refractivity contribution < 1.29 is 9.53 Å². The summed E-state index contributed by atoms with van der Waals surface area (Å²) in [4.78, 5) is 16.1. The molecular formula is C16H9Cl2NO2. The summed E-state index contributed by atoms with van der Waals surface area (Å²) < 4.78 is 5.17. The number of aliphatic imine (C=N–C) groups is 1. The van der Waals surface area contributed by atoms with Crippen molar-refractivity contribution in [1.82, 2.24) is 0 Å². The van der Waals surface area contributed by atoms with Crippen molar-refractivity contribution in [1.29, 1.82) is 0 Å². The van der Waals surface area contributed by atoms with Gasteiger partial charge in [0.05, 0.1) is 10.6 Å². The van der Waals surface area contributed by atoms with Gasteiger partial charge in [0.1, 0.15) is 0 Å². The number of esters is 1. The van der Waals surface area contributed by atoms with Crippen LogP contribution in [0.4, 0.5) is 0 Å². The molecule has 0 saturated carbocycles. The number of halogens is 2. The van der Waals surface area contributed by atoms with Crippen molar-refractivity contribution in [2.75, 3.05) is 0 Å². The smallest absolute Gasteiger partial charge is 0.363 e. The topological polar surface area (TPSA) is 38.7 Å². The van der Waals surface area contributed by atoms with Crippen molar-refractivity contribution in [2.45, 2.75) is 0 Å². The summed E-state index contributed by atoms with van der Waals surface area (Å²) >= 11 is 12.1. The highest BCUT2D eigenvalue weighted by atomic mass is 35.5. The largest absolute Gasteiger partial charge is 0.402 e. The normalized spacial score (nSPS) is 16.0. The Bertz CT molecular complexity index is 781. The second kappa shape index (κ2) is 5.72. The fourth-order valence-corrected chi connectivity index (χ4v) is 2.31. The highest BCUT2D eigenvalue weighted by Crippen LogP contribution is 2.25. The van der Waals surface area contributed by atoms with Gasteiger partial charge in [-0.15, -0.1) is 0 Å². The zero-order valence-electron chi connectivity index (χ0n) is 10.7. The molecule has 0 unspecified atom stereocenters. The van der Waals surface area contributed by atoms with Crippen LogP contribution in [-0.2, 0) is 9.53 Å². The predicted octanol–water partition coefficient (Wildman–Crippen LogP) is 4.34.